The molecule has 0 saturated heterocycles. The molecule has 0 bridgehead atoms. The SMILES string of the molecule is CCOc1ccccc1NC(=O)c1sc(=S)n(-c2ccc(F)c(Cl)c2)c1N. The number of aromatic nitrogens is 1. The van der Waals surface area contributed by atoms with Crippen molar-refractivity contribution in [3.63, 3.8) is 0 Å². The average molecular weight is 424 g/mol. The van der Waals surface area contributed by atoms with Gasteiger partial charge in [-0.25, -0.2) is 4.39 Å². The summed E-state index contributed by atoms with van der Waals surface area (Å²) in [5.74, 6) is -0.256. The van der Waals surface area contributed by atoms with Crippen molar-refractivity contribution in [2.24, 2.45) is 0 Å². The van der Waals surface area contributed by atoms with Crippen LogP contribution in [0.2, 0.25) is 5.02 Å². The smallest absolute Gasteiger partial charge is 0.269 e. The third kappa shape index (κ3) is 3.97. The minimum Gasteiger partial charge on any atom is -0.492 e. The standard InChI is InChI=1S/C18H15ClFN3O2S2/c1-2-25-14-6-4-3-5-13(14)22-17(24)15-16(21)23(18(26)27-15)10-7-8-12(20)11(19)9-10/h3-9H,2,21H2,1H3,(H,22,24). The minimum absolute atomic E-state index is 0.0587. The molecule has 0 spiro atoms. The molecule has 0 aliphatic carbocycles. The van der Waals surface area contributed by atoms with Crippen molar-refractivity contribution in [2.75, 3.05) is 17.7 Å². The molecule has 1 amide bonds. The topological polar surface area (TPSA) is 69.3 Å². The molecule has 3 rings (SSSR count). The van der Waals surface area contributed by atoms with E-state index in [-0.39, 0.29) is 15.7 Å². The first-order valence-corrected chi connectivity index (χ1v) is 9.52. The van der Waals surface area contributed by atoms with Gasteiger partial charge >= 0.3 is 0 Å². The van der Waals surface area contributed by atoms with Gasteiger partial charge in [-0.2, -0.15) is 0 Å². The van der Waals surface area contributed by atoms with Gasteiger partial charge in [-0.3, -0.25) is 9.36 Å². The molecule has 0 radical (unpaired) electrons. The van der Waals surface area contributed by atoms with Gasteiger partial charge in [-0.15, -0.1) is 0 Å². The highest BCUT2D eigenvalue weighted by Crippen LogP contribution is 2.30. The van der Waals surface area contributed by atoms with Crippen molar-refractivity contribution < 1.29 is 13.9 Å². The number of anilines is 2. The second kappa shape index (κ2) is 8.08. The highest BCUT2D eigenvalue weighted by molar-refractivity contribution is 7.73. The Hall–Kier alpha value is -2.42. The molecule has 9 heteroatoms. The number of carbonyl (C=O) groups is 1. The van der Waals surface area contributed by atoms with E-state index in [9.17, 15) is 9.18 Å². The van der Waals surface area contributed by atoms with Crippen molar-refractivity contribution in [1.29, 1.82) is 0 Å². The second-order valence-electron chi connectivity index (χ2n) is 5.40. The van der Waals surface area contributed by atoms with Gasteiger partial charge in [0.1, 0.15) is 22.3 Å². The summed E-state index contributed by atoms with van der Waals surface area (Å²) in [5.41, 5.74) is 7.16. The Balaban J connectivity index is 1.96. The lowest BCUT2D eigenvalue weighted by atomic mass is 10.3. The third-order valence-electron chi connectivity index (χ3n) is 3.65. The number of nitrogens with zero attached hydrogens (tertiary/aromatic N) is 1. The number of hydrogen-bond acceptors (Lipinski definition) is 5. The molecule has 0 atom stereocenters. The fourth-order valence-electron chi connectivity index (χ4n) is 2.45. The van der Waals surface area contributed by atoms with Crippen LogP contribution in [-0.4, -0.2) is 17.1 Å². The predicted octanol–water partition coefficient (Wildman–Crippen LogP) is 5.29. The zero-order valence-electron chi connectivity index (χ0n) is 14.2. The maximum absolute atomic E-state index is 13.4. The molecular weight excluding hydrogens is 409 g/mol. The van der Waals surface area contributed by atoms with Crippen LogP contribution in [0.3, 0.4) is 0 Å². The van der Waals surface area contributed by atoms with Gasteiger partial charge in [-0.05, 0) is 49.5 Å². The molecule has 1 aromatic heterocycles. The first-order chi connectivity index (χ1) is 12.9. The molecule has 0 fully saturated rings. The van der Waals surface area contributed by atoms with Crippen LogP contribution in [0.1, 0.15) is 16.6 Å². The maximum Gasteiger partial charge on any atom is 0.269 e. The molecule has 0 aliphatic heterocycles. The lowest BCUT2D eigenvalue weighted by molar-refractivity contribution is 0.103. The highest BCUT2D eigenvalue weighted by Gasteiger charge is 2.20. The van der Waals surface area contributed by atoms with E-state index in [1.54, 1.807) is 18.2 Å². The molecule has 3 N–H and O–H groups in total. The largest absolute Gasteiger partial charge is 0.492 e. The van der Waals surface area contributed by atoms with Gasteiger partial charge in [-0.1, -0.05) is 35.1 Å². The van der Waals surface area contributed by atoms with Crippen LogP contribution >= 0.6 is 35.2 Å². The molecule has 5 nitrogen and oxygen atoms in total. The van der Waals surface area contributed by atoms with E-state index in [1.807, 2.05) is 13.0 Å². The monoisotopic (exact) mass is 423 g/mol. The Morgan fingerprint density at radius 3 is 2.81 bits per heavy atom. The summed E-state index contributed by atoms with van der Waals surface area (Å²) in [6, 6.07) is 11.2. The van der Waals surface area contributed by atoms with Crippen molar-refractivity contribution in [2.45, 2.75) is 6.92 Å². The number of nitrogen functional groups attached to an aromatic ring is 1. The number of ether oxygens (including phenoxy) is 1. The minimum atomic E-state index is -0.550. The summed E-state index contributed by atoms with van der Waals surface area (Å²) in [5, 5.41) is 2.73. The number of para-hydroxylation sites is 2. The Morgan fingerprint density at radius 2 is 2.11 bits per heavy atom. The normalized spacial score (nSPS) is 10.6. The molecule has 0 unspecified atom stereocenters. The van der Waals surface area contributed by atoms with Crippen LogP contribution in [0.5, 0.6) is 5.75 Å². The highest BCUT2D eigenvalue weighted by atomic mass is 35.5. The van der Waals surface area contributed by atoms with Crippen LogP contribution in [0.4, 0.5) is 15.9 Å². The first kappa shape index (κ1) is 19.3. The average Bonchev–Trinajstić information content (AvgIpc) is 2.94. The van der Waals surface area contributed by atoms with E-state index in [0.717, 1.165) is 11.3 Å². The summed E-state index contributed by atoms with van der Waals surface area (Å²) < 4.78 is 20.8. The lowest BCUT2D eigenvalue weighted by Gasteiger charge is -2.11. The Bertz CT molecular complexity index is 1070. The summed E-state index contributed by atoms with van der Waals surface area (Å²) >= 11 is 12.2. The fraction of sp³-hybridized carbons (Fsp3) is 0.111. The quantitative estimate of drug-likeness (QED) is 0.547. The number of amides is 1. The number of carbonyl (C=O) groups excluding carboxylic acids is 1. The van der Waals surface area contributed by atoms with Crippen LogP contribution in [-0.2, 0) is 0 Å². The van der Waals surface area contributed by atoms with Crippen molar-refractivity contribution in [1.82, 2.24) is 4.57 Å². The number of hydrogen-bond donors (Lipinski definition) is 2. The van der Waals surface area contributed by atoms with E-state index in [2.05, 4.69) is 5.32 Å². The Morgan fingerprint density at radius 1 is 1.37 bits per heavy atom. The second-order valence-corrected chi connectivity index (χ2v) is 7.45. The number of benzene rings is 2. The summed E-state index contributed by atoms with van der Waals surface area (Å²) in [6.07, 6.45) is 0. The molecule has 3 aromatic rings. The molecule has 0 aliphatic rings. The van der Waals surface area contributed by atoms with Crippen molar-refractivity contribution >= 4 is 52.6 Å². The summed E-state index contributed by atoms with van der Waals surface area (Å²) in [7, 11) is 0. The zero-order chi connectivity index (χ0) is 19.6. The summed E-state index contributed by atoms with van der Waals surface area (Å²) in [6.45, 7) is 2.33. The molecule has 27 heavy (non-hydrogen) atoms. The number of thiazole rings is 1. The molecule has 2 aromatic carbocycles. The van der Waals surface area contributed by atoms with Crippen LogP contribution in [0, 0.1) is 9.77 Å². The number of halogens is 2. The maximum atomic E-state index is 13.4. The molecular formula is C18H15ClFN3O2S2. The Kier molecular flexibility index (Phi) is 5.79. The van der Waals surface area contributed by atoms with Crippen LogP contribution in [0.15, 0.2) is 42.5 Å². The number of rotatable bonds is 5. The molecule has 0 saturated carbocycles. The van der Waals surface area contributed by atoms with Gasteiger partial charge < -0.3 is 15.8 Å². The van der Waals surface area contributed by atoms with E-state index >= 15 is 0 Å². The fourth-order valence-corrected chi connectivity index (χ4v) is 3.88. The first-order valence-electron chi connectivity index (χ1n) is 7.92. The zero-order valence-corrected chi connectivity index (χ0v) is 16.6. The van der Waals surface area contributed by atoms with Gasteiger partial charge in [0.25, 0.3) is 5.91 Å². The predicted molar refractivity (Wildman–Crippen MR) is 109 cm³/mol. The van der Waals surface area contributed by atoms with Crippen molar-refractivity contribution in [3.05, 3.63) is 62.1 Å². The van der Waals surface area contributed by atoms with Gasteiger partial charge in [0, 0.05) is 0 Å². The van der Waals surface area contributed by atoms with Gasteiger partial charge in [0.2, 0.25) is 0 Å². The van der Waals surface area contributed by atoms with Crippen molar-refractivity contribution in [3.8, 4) is 11.4 Å². The lowest BCUT2D eigenvalue weighted by Crippen LogP contribution is -2.14. The molecule has 140 valence electrons. The summed E-state index contributed by atoms with van der Waals surface area (Å²) in [4.78, 5) is 13.0. The van der Waals surface area contributed by atoms with E-state index < -0.39 is 11.7 Å². The van der Waals surface area contributed by atoms with Gasteiger partial charge in [0.05, 0.1) is 23.0 Å². The van der Waals surface area contributed by atoms with Crippen LogP contribution in [0.25, 0.3) is 5.69 Å². The molecule has 1 heterocycles. The van der Waals surface area contributed by atoms with E-state index in [1.165, 1.54) is 22.8 Å². The number of nitrogens with one attached hydrogen (secondary N) is 1. The van der Waals surface area contributed by atoms with E-state index in [0.29, 0.717) is 27.7 Å². The van der Waals surface area contributed by atoms with E-state index in [4.69, 9.17) is 34.3 Å². The Labute approximate surface area is 169 Å². The third-order valence-corrected chi connectivity index (χ3v) is 5.33. The number of nitrogens with two attached hydrogens (primary N) is 1. The van der Waals surface area contributed by atoms with Crippen LogP contribution < -0.4 is 15.8 Å². The van der Waals surface area contributed by atoms with Gasteiger partial charge in [0.15, 0.2) is 3.95 Å².